The molecule has 2 aromatic carbocycles. The van der Waals surface area contributed by atoms with Crippen molar-refractivity contribution in [3.8, 4) is 0 Å². The van der Waals surface area contributed by atoms with Crippen molar-refractivity contribution < 1.29 is 9.53 Å². The Kier molecular flexibility index (Phi) is 6.46. The molecule has 162 valence electrons. The van der Waals surface area contributed by atoms with Gasteiger partial charge < -0.3 is 4.74 Å². The Hall–Kier alpha value is -2.93. The van der Waals surface area contributed by atoms with Crippen LogP contribution in [0.25, 0.3) is 12.2 Å². The normalized spacial score (nSPS) is 16.2. The monoisotopic (exact) mass is 484 g/mol. The van der Waals surface area contributed by atoms with E-state index in [-0.39, 0.29) is 5.56 Å². The largest absolute Gasteiger partial charge is 0.466 e. The van der Waals surface area contributed by atoms with E-state index in [9.17, 15) is 9.59 Å². The lowest BCUT2D eigenvalue weighted by Crippen LogP contribution is -2.38. The van der Waals surface area contributed by atoms with Gasteiger partial charge in [0.1, 0.15) is 0 Å². The van der Waals surface area contributed by atoms with Gasteiger partial charge in [-0.05, 0) is 36.3 Å². The molecule has 0 saturated carbocycles. The number of allylic oxidation sites excluding steroid dienone is 2. The van der Waals surface area contributed by atoms with E-state index in [1.807, 2.05) is 42.5 Å². The number of methoxy groups -OCH3 is 1. The van der Waals surface area contributed by atoms with Crippen molar-refractivity contribution in [2.75, 3.05) is 7.11 Å². The lowest BCUT2D eigenvalue weighted by molar-refractivity contribution is -0.136. The van der Waals surface area contributed by atoms with Crippen LogP contribution in [0.3, 0.4) is 0 Å². The lowest BCUT2D eigenvalue weighted by atomic mass is 10.0. The van der Waals surface area contributed by atoms with E-state index in [2.05, 4.69) is 4.99 Å². The Morgan fingerprint density at radius 1 is 1.19 bits per heavy atom. The van der Waals surface area contributed by atoms with E-state index >= 15 is 0 Å². The Bertz CT molecular complexity index is 1440. The van der Waals surface area contributed by atoms with Gasteiger partial charge in [0.2, 0.25) is 0 Å². The van der Waals surface area contributed by atoms with E-state index in [0.29, 0.717) is 36.2 Å². The van der Waals surface area contributed by atoms with Crippen LogP contribution in [0, 0.1) is 0 Å². The van der Waals surface area contributed by atoms with Gasteiger partial charge in [0.15, 0.2) is 4.80 Å². The number of rotatable bonds is 4. The number of esters is 1. The number of hydrogen-bond donors (Lipinski definition) is 0. The highest BCUT2D eigenvalue weighted by Gasteiger charge is 2.30. The minimum Gasteiger partial charge on any atom is -0.466 e. The second-order valence-corrected chi connectivity index (χ2v) is 8.90. The van der Waals surface area contributed by atoms with Gasteiger partial charge in [-0.15, -0.1) is 0 Å². The summed E-state index contributed by atoms with van der Waals surface area (Å²) in [7, 11) is 1.31. The molecule has 2 heterocycles. The number of halogens is 2. The average Bonchev–Trinajstić information content (AvgIpc) is 3.08. The topological polar surface area (TPSA) is 60.7 Å². The molecule has 4 rings (SSSR count). The molecule has 0 fully saturated rings. The van der Waals surface area contributed by atoms with Crippen molar-refractivity contribution in [3.63, 3.8) is 0 Å². The Labute approximate surface area is 198 Å². The predicted molar refractivity (Wildman–Crippen MR) is 129 cm³/mol. The molecular formula is C24H18Cl2N2O3S. The number of carbonyl (C=O) groups excluding carboxylic acids is 1. The third kappa shape index (κ3) is 4.35. The van der Waals surface area contributed by atoms with E-state index in [4.69, 9.17) is 27.9 Å². The Morgan fingerprint density at radius 2 is 1.94 bits per heavy atom. The number of carbonyl (C=O) groups is 1. The zero-order valence-corrected chi connectivity index (χ0v) is 19.5. The van der Waals surface area contributed by atoms with Crippen LogP contribution in [0.4, 0.5) is 0 Å². The van der Waals surface area contributed by atoms with Crippen LogP contribution in [-0.4, -0.2) is 17.6 Å². The summed E-state index contributed by atoms with van der Waals surface area (Å²) in [5.41, 5.74) is 2.18. The summed E-state index contributed by atoms with van der Waals surface area (Å²) >= 11 is 13.5. The predicted octanol–water partition coefficient (Wildman–Crippen LogP) is 4.38. The van der Waals surface area contributed by atoms with Crippen molar-refractivity contribution in [3.05, 3.63) is 107 Å². The number of aromatic nitrogens is 1. The quantitative estimate of drug-likeness (QED) is 0.516. The fourth-order valence-electron chi connectivity index (χ4n) is 3.44. The maximum atomic E-state index is 13.4. The third-order valence-electron chi connectivity index (χ3n) is 4.99. The molecule has 0 spiro atoms. The van der Waals surface area contributed by atoms with Gasteiger partial charge in [0.05, 0.1) is 29.0 Å². The molecule has 0 bridgehead atoms. The van der Waals surface area contributed by atoms with Crippen LogP contribution in [-0.2, 0) is 9.53 Å². The highest BCUT2D eigenvalue weighted by Crippen LogP contribution is 2.26. The molecule has 1 aromatic heterocycles. The zero-order valence-electron chi connectivity index (χ0n) is 17.2. The van der Waals surface area contributed by atoms with E-state index < -0.39 is 12.0 Å². The van der Waals surface area contributed by atoms with Crippen molar-refractivity contribution in [1.82, 2.24) is 4.57 Å². The van der Waals surface area contributed by atoms with Crippen molar-refractivity contribution >= 4 is 52.7 Å². The zero-order chi connectivity index (χ0) is 22.8. The number of thiazole rings is 1. The molecule has 0 amide bonds. The van der Waals surface area contributed by atoms with Crippen LogP contribution in [0.5, 0.6) is 0 Å². The number of hydrogen-bond acceptors (Lipinski definition) is 5. The van der Waals surface area contributed by atoms with Crippen molar-refractivity contribution in [2.24, 2.45) is 4.99 Å². The molecule has 8 heteroatoms. The van der Waals surface area contributed by atoms with Crippen LogP contribution in [0.15, 0.2) is 75.7 Å². The van der Waals surface area contributed by atoms with Gasteiger partial charge in [0.25, 0.3) is 5.56 Å². The fourth-order valence-corrected chi connectivity index (χ4v) is 4.95. The van der Waals surface area contributed by atoms with Gasteiger partial charge in [-0.3, -0.25) is 9.36 Å². The maximum Gasteiger partial charge on any atom is 0.338 e. The third-order valence-corrected chi connectivity index (χ3v) is 6.53. The molecule has 0 saturated heterocycles. The Balaban J connectivity index is 1.90. The summed E-state index contributed by atoms with van der Waals surface area (Å²) in [5.74, 6) is -0.524. The standard InChI is InChI=1S/C24H18Cl2N2O3S/c1-14-21(23(30)31-2)19(11-8-15-6-4-3-5-7-15)28-22(29)20(32-24(28)27-14)12-16-9-10-17(25)13-18(16)26/h3-13,19H,1-2H3. The first-order chi connectivity index (χ1) is 15.4. The maximum absolute atomic E-state index is 13.4. The van der Waals surface area contributed by atoms with Crippen molar-refractivity contribution in [2.45, 2.75) is 13.0 Å². The van der Waals surface area contributed by atoms with Crippen LogP contribution in [0.1, 0.15) is 24.1 Å². The summed E-state index contributed by atoms with van der Waals surface area (Å²) in [6, 6.07) is 14.1. The first-order valence-corrected chi connectivity index (χ1v) is 11.3. The molecule has 0 radical (unpaired) electrons. The fraction of sp³-hybridized carbons (Fsp3) is 0.125. The molecule has 1 unspecified atom stereocenters. The molecule has 32 heavy (non-hydrogen) atoms. The summed E-state index contributed by atoms with van der Waals surface area (Å²) < 4.78 is 6.95. The summed E-state index contributed by atoms with van der Waals surface area (Å²) in [5, 5.41) is 0.952. The lowest BCUT2D eigenvalue weighted by Gasteiger charge is -2.21. The Morgan fingerprint density at radius 3 is 2.62 bits per heavy atom. The minimum atomic E-state index is -0.651. The van der Waals surface area contributed by atoms with Gasteiger partial charge in [-0.2, -0.15) is 0 Å². The van der Waals surface area contributed by atoms with Gasteiger partial charge in [-0.25, -0.2) is 9.79 Å². The van der Waals surface area contributed by atoms with Gasteiger partial charge >= 0.3 is 5.97 Å². The summed E-state index contributed by atoms with van der Waals surface area (Å²) in [4.78, 5) is 31.0. The molecule has 1 aliphatic rings. The van der Waals surface area contributed by atoms with Crippen molar-refractivity contribution in [1.29, 1.82) is 0 Å². The molecule has 1 atom stereocenters. The molecule has 3 aromatic rings. The summed E-state index contributed by atoms with van der Waals surface area (Å²) in [6.07, 6.45) is 5.40. The van der Waals surface area contributed by atoms with Crippen LogP contribution < -0.4 is 14.9 Å². The van der Waals surface area contributed by atoms with E-state index in [0.717, 1.165) is 5.56 Å². The molecule has 5 nitrogen and oxygen atoms in total. The first-order valence-electron chi connectivity index (χ1n) is 9.68. The van der Waals surface area contributed by atoms with E-state index in [1.165, 1.54) is 23.0 Å². The highest BCUT2D eigenvalue weighted by atomic mass is 35.5. The number of benzene rings is 2. The van der Waals surface area contributed by atoms with E-state index in [1.54, 1.807) is 31.2 Å². The average molecular weight is 485 g/mol. The highest BCUT2D eigenvalue weighted by molar-refractivity contribution is 7.07. The second-order valence-electron chi connectivity index (χ2n) is 7.05. The number of fused-ring (bicyclic) bond motifs is 1. The smallest absolute Gasteiger partial charge is 0.338 e. The first kappa shape index (κ1) is 22.3. The molecule has 0 aliphatic carbocycles. The van der Waals surface area contributed by atoms with Gasteiger partial charge in [0, 0.05) is 10.0 Å². The number of ether oxygens (including phenoxy) is 1. The SMILES string of the molecule is COC(=O)C1=C(C)N=c2sc(=Cc3ccc(Cl)cc3Cl)c(=O)n2C1C=Cc1ccccc1. The van der Waals surface area contributed by atoms with Crippen LogP contribution >= 0.6 is 34.5 Å². The number of nitrogens with zero attached hydrogens (tertiary/aromatic N) is 2. The molecular weight excluding hydrogens is 467 g/mol. The van der Waals surface area contributed by atoms with Gasteiger partial charge in [-0.1, -0.05) is 83.1 Å². The minimum absolute atomic E-state index is 0.267. The van der Waals surface area contributed by atoms with Crippen LogP contribution in [0.2, 0.25) is 10.0 Å². The molecule has 1 aliphatic heterocycles. The molecule has 0 N–H and O–H groups in total. The summed E-state index contributed by atoms with van der Waals surface area (Å²) in [6.45, 7) is 1.74. The second kappa shape index (κ2) is 9.28.